The van der Waals surface area contributed by atoms with E-state index in [1.54, 1.807) is 17.9 Å². The second kappa shape index (κ2) is 4.34. The maximum absolute atomic E-state index is 11.7. The van der Waals surface area contributed by atoms with Gasteiger partial charge in [-0.1, -0.05) is 0 Å². The van der Waals surface area contributed by atoms with Crippen LogP contribution in [-0.4, -0.2) is 31.7 Å². The van der Waals surface area contributed by atoms with Crippen molar-refractivity contribution in [3.05, 3.63) is 28.5 Å². The first-order chi connectivity index (χ1) is 8.06. The summed E-state index contributed by atoms with van der Waals surface area (Å²) in [5.74, 6) is -1.60. The van der Waals surface area contributed by atoms with Crippen LogP contribution in [-0.2, 0) is 7.05 Å². The second-order valence-corrected chi connectivity index (χ2v) is 4.06. The molecule has 0 unspecified atom stereocenters. The quantitative estimate of drug-likeness (QED) is 0.843. The molecule has 7 nitrogen and oxygen atoms in total. The van der Waals surface area contributed by atoms with Gasteiger partial charge in [-0.2, -0.15) is 5.10 Å². The zero-order valence-corrected chi connectivity index (χ0v) is 9.56. The van der Waals surface area contributed by atoms with Crippen molar-refractivity contribution in [1.29, 1.82) is 0 Å². The third kappa shape index (κ3) is 2.48. The Kier molecular flexibility index (Phi) is 2.88. The van der Waals surface area contributed by atoms with Crippen LogP contribution in [0.2, 0.25) is 0 Å². The predicted molar refractivity (Wildman–Crippen MR) is 60.2 cm³/mol. The first-order valence-electron chi connectivity index (χ1n) is 4.55. The molecule has 0 fully saturated rings. The lowest BCUT2D eigenvalue weighted by atomic mass is 10.5. The number of hydrogen-bond acceptors (Lipinski definition) is 5. The summed E-state index contributed by atoms with van der Waals surface area (Å²) in [6.45, 7) is 0. The molecule has 0 atom stereocenters. The fourth-order valence-electron chi connectivity index (χ4n) is 1.15. The highest BCUT2D eigenvalue weighted by atomic mass is 32.1. The summed E-state index contributed by atoms with van der Waals surface area (Å²) >= 11 is 0.981. The topological polar surface area (TPSA) is 97.1 Å². The van der Waals surface area contributed by atoms with Gasteiger partial charge in [0, 0.05) is 18.6 Å². The number of thiazole rings is 1. The summed E-state index contributed by atoms with van der Waals surface area (Å²) < 4.78 is 1.54. The van der Waals surface area contributed by atoms with Gasteiger partial charge in [-0.15, -0.1) is 11.3 Å². The van der Waals surface area contributed by atoms with E-state index in [9.17, 15) is 9.59 Å². The van der Waals surface area contributed by atoms with Gasteiger partial charge < -0.3 is 10.4 Å². The Morgan fingerprint density at radius 1 is 1.53 bits per heavy atom. The Hall–Kier alpha value is -2.22. The number of aromatic carboxylic acids is 1. The Morgan fingerprint density at radius 3 is 2.82 bits per heavy atom. The lowest BCUT2D eigenvalue weighted by molar-refractivity contribution is 0.0691. The summed E-state index contributed by atoms with van der Waals surface area (Å²) in [6.07, 6.45) is 3.12. The number of carboxylic acid groups (broad SMARTS) is 1. The fourth-order valence-corrected chi connectivity index (χ4v) is 1.83. The lowest BCUT2D eigenvalue weighted by Crippen LogP contribution is -2.11. The van der Waals surface area contributed by atoms with E-state index in [0.29, 0.717) is 5.69 Å². The first kappa shape index (κ1) is 11.3. The molecule has 0 saturated heterocycles. The minimum atomic E-state index is -1.15. The van der Waals surface area contributed by atoms with Crippen molar-refractivity contribution in [1.82, 2.24) is 14.8 Å². The van der Waals surface area contributed by atoms with E-state index < -0.39 is 11.9 Å². The lowest BCUT2D eigenvalue weighted by Gasteiger charge is -1.97. The molecule has 0 bridgehead atoms. The Labute approximate surface area is 99.7 Å². The second-order valence-electron chi connectivity index (χ2n) is 3.20. The van der Waals surface area contributed by atoms with Crippen molar-refractivity contribution in [3.8, 4) is 0 Å². The van der Waals surface area contributed by atoms with Gasteiger partial charge in [-0.05, 0) is 0 Å². The number of anilines is 1. The van der Waals surface area contributed by atoms with Crippen LogP contribution < -0.4 is 5.32 Å². The molecule has 0 aliphatic heterocycles. The van der Waals surface area contributed by atoms with Crippen LogP contribution in [0.5, 0.6) is 0 Å². The van der Waals surface area contributed by atoms with Gasteiger partial charge >= 0.3 is 5.97 Å². The molecule has 2 N–H and O–H groups in total. The van der Waals surface area contributed by atoms with E-state index in [0.717, 1.165) is 11.3 Å². The first-order valence-corrected chi connectivity index (χ1v) is 5.43. The number of amides is 1. The number of nitrogens with one attached hydrogen (secondary N) is 1. The van der Waals surface area contributed by atoms with Crippen LogP contribution in [0.3, 0.4) is 0 Å². The zero-order valence-electron chi connectivity index (χ0n) is 8.75. The Morgan fingerprint density at radius 2 is 2.29 bits per heavy atom. The van der Waals surface area contributed by atoms with Gasteiger partial charge in [-0.25, -0.2) is 9.78 Å². The van der Waals surface area contributed by atoms with Gasteiger partial charge in [-0.3, -0.25) is 9.48 Å². The zero-order chi connectivity index (χ0) is 12.4. The molecule has 0 saturated carbocycles. The summed E-state index contributed by atoms with van der Waals surface area (Å²) in [5, 5.41) is 16.5. The van der Waals surface area contributed by atoms with E-state index in [-0.39, 0.29) is 10.7 Å². The molecule has 88 valence electrons. The molecular weight excluding hydrogens is 244 g/mol. The predicted octanol–water partition coefficient (Wildman–Crippen LogP) is 0.827. The molecule has 2 aromatic rings. The smallest absolute Gasteiger partial charge is 0.355 e. The van der Waals surface area contributed by atoms with Gasteiger partial charge in [0.15, 0.2) is 10.7 Å². The van der Waals surface area contributed by atoms with E-state index in [1.165, 1.54) is 11.6 Å². The standard InChI is InChI=1S/C9H8N4O3S/c1-13-3-5(2-10-13)11-7(14)8-12-6(4-17-8)9(15)16/h2-4H,1H3,(H,11,14)(H,15,16). The van der Waals surface area contributed by atoms with Crippen LogP contribution in [0.25, 0.3) is 0 Å². The molecule has 2 aromatic heterocycles. The van der Waals surface area contributed by atoms with Gasteiger partial charge in [0.05, 0.1) is 11.9 Å². The summed E-state index contributed by atoms with van der Waals surface area (Å²) in [7, 11) is 1.72. The SMILES string of the molecule is Cn1cc(NC(=O)c2nc(C(=O)O)cs2)cn1. The number of carboxylic acids is 1. The number of hydrogen-bond donors (Lipinski definition) is 2. The van der Waals surface area contributed by atoms with Crippen molar-refractivity contribution in [2.75, 3.05) is 5.32 Å². The number of rotatable bonds is 3. The van der Waals surface area contributed by atoms with Crippen LogP contribution in [0.15, 0.2) is 17.8 Å². The van der Waals surface area contributed by atoms with Crippen molar-refractivity contribution in [3.63, 3.8) is 0 Å². The van der Waals surface area contributed by atoms with Crippen molar-refractivity contribution in [2.45, 2.75) is 0 Å². The van der Waals surface area contributed by atoms with Crippen molar-refractivity contribution < 1.29 is 14.7 Å². The summed E-state index contributed by atoms with van der Waals surface area (Å²) in [5.41, 5.74) is 0.399. The van der Waals surface area contributed by atoms with Crippen LogP contribution in [0, 0.1) is 0 Å². The highest BCUT2D eigenvalue weighted by molar-refractivity contribution is 7.12. The van der Waals surface area contributed by atoms with E-state index >= 15 is 0 Å². The maximum atomic E-state index is 11.7. The molecule has 0 aromatic carbocycles. The van der Waals surface area contributed by atoms with Gasteiger partial charge in [0.1, 0.15) is 0 Å². The molecule has 1 amide bonds. The number of carbonyl (C=O) groups excluding carboxylic acids is 1. The van der Waals surface area contributed by atoms with Crippen molar-refractivity contribution >= 4 is 28.9 Å². The van der Waals surface area contributed by atoms with Crippen LogP contribution in [0.1, 0.15) is 20.3 Å². The molecule has 0 radical (unpaired) electrons. The molecule has 0 aliphatic carbocycles. The third-order valence-electron chi connectivity index (χ3n) is 1.88. The minimum absolute atomic E-state index is 0.103. The number of carbonyl (C=O) groups is 2. The average Bonchev–Trinajstić information content (AvgIpc) is 2.86. The molecular formula is C9H8N4O3S. The molecule has 2 rings (SSSR count). The molecule has 8 heteroatoms. The molecule has 0 aliphatic rings. The van der Waals surface area contributed by atoms with E-state index in [2.05, 4.69) is 15.4 Å². The Balaban J connectivity index is 2.11. The fraction of sp³-hybridized carbons (Fsp3) is 0.111. The minimum Gasteiger partial charge on any atom is -0.476 e. The van der Waals surface area contributed by atoms with Crippen LogP contribution >= 0.6 is 11.3 Å². The highest BCUT2D eigenvalue weighted by Gasteiger charge is 2.15. The molecule has 0 spiro atoms. The summed E-state index contributed by atoms with van der Waals surface area (Å²) in [4.78, 5) is 26.0. The molecule has 2 heterocycles. The van der Waals surface area contributed by atoms with E-state index in [1.807, 2.05) is 0 Å². The third-order valence-corrected chi connectivity index (χ3v) is 2.72. The normalized spacial score (nSPS) is 10.2. The van der Waals surface area contributed by atoms with Gasteiger partial charge in [0.25, 0.3) is 5.91 Å². The molecule has 17 heavy (non-hydrogen) atoms. The van der Waals surface area contributed by atoms with Crippen molar-refractivity contribution in [2.24, 2.45) is 7.05 Å². The monoisotopic (exact) mass is 252 g/mol. The maximum Gasteiger partial charge on any atom is 0.355 e. The number of nitrogens with zero attached hydrogens (tertiary/aromatic N) is 3. The Bertz CT molecular complexity index is 574. The van der Waals surface area contributed by atoms with E-state index in [4.69, 9.17) is 5.11 Å². The largest absolute Gasteiger partial charge is 0.476 e. The average molecular weight is 252 g/mol. The van der Waals surface area contributed by atoms with Crippen LogP contribution in [0.4, 0.5) is 5.69 Å². The number of aromatic nitrogens is 3. The number of aryl methyl sites for hydroxylation is 1. The summed E-state index contributed by atoms with van der Waals surface area (Å²) in [6, 6.07) is 0. The highest BCUT2D eigenvalue weighted by Crippen LogP contribution is 2.12. The van der Waals surface area contributed by atoms with Gasteiger partial charge in [0.2, 0.25) is 0 Å².